The van der Waals surface area contributed by atoms with Crippen molar-refractivity contribution in [2.75, 3.05) is 32.0 Å². The molecular weight excluding hydrogens is 315 g/mol. The Hall–Kier alpha value is -2.07. The number of anilines is 1. The second-order valence-corrected chi connectivity index (χ2v) is 7.34. The van der Waals surface area contributed by atoms with Crippen LogP contribution in [0.1, 0.15) is 25.3 Å². The van der Waals surface area contributed by atoms with Crippen molar-refractivity contribution >= 4 is 5.69 Å². The quantitative estimate of drug-likeness (QED) is 0.769. The van der Waals surface area contributed by atoms with E-state index in [0.717, 1.165) is 43.8 Å². The summed E-state index contributed by atoms with van der Waals surface area (Å²) in [5.74, 6) is 0.661. The lowest BCUT2D eigenvalue weighted by Gasteiger charge is -2.25. The molecule has 0 radical (unpaired) electrons. The van der Waals surface area contributed by atoms with Crippen molar-refractivity contribution in [3.63, 3.8) is 0 Å². The first-order chi connectivity index (χ1) is 12.0. The highest BCUT2D eigenvalue weighted by Crippen LogP contribution is 2.35. The van der Waals surface area contributed by atoms with Crippen LogP contribution in [0.3, 0.4) is 0 Å². The molecule has 1 aliphatic rings. The summed E-state index contributed by atoms with van der Waals surface area (Å²) in [6, 6.07) is 14.7. The van der Waals surface area contributed by atoms with E-state index in [-0.39, 0.29) is 11.2 Å². The number of halogens is 1. The molecule has 0 bridgehead atoms. The van der Waals surface area contributed by atoms with E-state index in [1.165, 1.54) is 18.6 Å². The fourth-order valence-electron chi connectivity index (χ4n) is 3.56. The monoisotopic (exact) mass is 342 g/mol. The average molecular weight is 342 g/mol. The van der Waals surface area contributed by atoms with Gasteiger partial charge in [-0.3, -0.25) is 4.90 Å². The van der Waals surface area contributed by atoms with E-state index in [0.29, 0.717) is 12.3 Å². The van der Waals surface area contributed by atoms with Crippen LogP contribution in [0, 0.1) is 11.2 Å². The largest absolute Gasteiger partial charge is 0.492 e. The summed E-state index contributed by atoms with van der Waals surface area (Å²) in [4.78, 5) is 2.47. The van der Waals surface area contributed by atoms with E-state index >= 15 is 0 Å². The number of likely N-dealkylation sites (tertiary alicyclic amines) is 1. The zero-order valence-electron chi connectivity index (χ0n) is 14.9. The van der Waals surface area contributed by atoms with Gasteiger partial charge in [-0.2, -0.15) is 0 Å². The van der Waals surface area contributed by atoms with Crippen molar-refractivity contribution in [3.05, 3.63) is 59.9 Å². The Morgan fingerprint density at radius 2 is 2.00 bits per heavy atom. The maximum absolute atomic E-state index is 13.2. The van der Waals surface area contributed by atoms with Gasteiger partial charge in [-0.05, 0) is 61.1 Å². The highest BCUT2D eigenvalue weighted by molar-refractivity contribution is 5.46. The van der Waals surface area contributed by atoms with Gasteiger partial charge in [-0.15, -0.1) is 0 Å². The van der Waals surface area contributed by atoms with Gasteiger partial charge in [0, 0.05) is 18.8 Å². The number of ether oxygens (including phenoxy) is 1. The molecule has 1 atom stereocenters. The highest BCUT2D eigenvalue weighted by atomic mass is 19.1. The van der Waals surface area contributed by atoms with Gasteiger partial charge < -0.3 is 10.5 Å². The van der Waals surface area contributed by atoms with Gasteiger partial charge in [0.25, 0.3) is 0 Å². The molecular formula is C21H27FN2O. The SMILES string of the molecule is CC1(CCc2ccc(F)cc2N)CCN(CCOc2ccccc2)C1. The number of hydrogen-bond donors (Lipinski definition) is 1. The zero-order valence-corrected chi connectivity index (χ0v) is 14.9. The van der Waals surface area contributed by atoms with Crippen molar-refractivity contribution in [1.29, 1.82) is 0 Å². The minimum absolute atomic E-state index is 0.266. The van der Waals surface area contributed by atoms with Gasteiger partial charge in [0.2, 0.25) is 0 Å². The van der Waals surface area contributed by atoms with E-state index in [1.54, 1.807) is 0 Å². The summed E-state index contributed by atoms with van der Waals surface area (Å²) in [5, 5.41) is 0. The van der Waals surface area contributed by atoms with Gasteiger partial charge in [0.1, 0.15) is 18.2 Å². The van der Waals surface area contributed by atoms with E-state index in [1.807, 2.05) is 36.4 Å². The predicted octanol–water partition coefficient (Wildman–Crippen LogP) is 4.13. The Morgan fingerprint density at radius 1 is 1.20 bits per heavy atom. The summed E-state index contributed by atoms with van der Waals surface area (Å²) >= 11 is 0. The molecule has 0 spiro atoms. The summed E-state index contributed by atoms with van der Waals surface area (Å²) in [6.45, 7) is 6.18. The Morgan fingerprint density at radius 3 is 2.76 bits per heavy atom. The Balaban J connectivity index is 1.44. The van der Waals surface area contributed by atoms with Crippen LogP contribution in [0.4, 0.5) is 10.1 Å². The number of rotatable bonds is 7. The number of nitrogens with zero attached hydrogens (tertiary/aromatic N) is 1. The zero-order chi connectivity index (χ0) is 17.7. The number of benzene rings is 2. The van der Waals surface area contributed by atoms with Crippen LogP contribution in [0.15, 0.2) is 48.5 Å². The molecule has 4 heteroatoms. The second kappa shape index (κ2) is 7.87. The van der Waals surface area contributed by atoms with Gasteiger partial charge in [-0.25, -0.2) is 4.39 Å². The standard InChI is InChI=1S/C21H27FN2O/c1-21(10-9-17-7-8-18(22)15-20(17)23)11-12-24(16-21)13-14-25-19-5-3-2-4-6-19/h2-8,15H,9-14,16,23H2,1H3. The van der Waals surface area contributed by atoms with Crippen LogP contribution >= 0.6 is 0 Å². The molecule has 1 fully saturated rings. The molecule has 3 nitrogen and oxygen atoms in total. The predicted molar refractivity (Wildman–Crippen MR) is 100 cm³/mol. The minimum Gasteiger partial charge on any atom is -0.492 e. The van der Waals surface area contributed by atoms with Crippen molar-refractivity contribution in [2.45, 2.75) is 26.2 Å². The minimum atomic E-state index is -0.266. The molecule has 2 aromatic rings. The molecule has 3 rings (SSSR count). The van der Waals surface area contributed by atoms with E-state index < -0.39 is 0 Å². The molecule has 2 aromatic carbocycles. The van der Waals surface area contributed by atoms with Crippen molar-refractivity contribution in [3.8, 4) is 5.75 Å². The molecule has 25 heavy (non-hydrogen) atoms. The molecule has 1 unspecified atom stereocenters. The lowest BCUT2D eigenvalue weighted by molar-refractivity contribution is 0.213. The molecule has 1 heterocycles. The van der Waals surface area contributed by atoms with Crippen LogP contribution in [-0.2, 0) is 6.42 Å². The molecule has 1 saturated heterocycles. The van der Waals surface area contributed by atoms with Crippen molar-refractivity contribution < 1.29 is 9.13 Å². The fourth-order valence-corrected chi connectivity index (χ4v) is 3.56. The number of nitrogens with two attached hydrogens (primary N) is 1. The molecule has 1 aliphatic heterocycles. The third kappa shape index (κ3) is 4.95. The van der Waals surface area contributed by atoms with Gasteiger partial charge >= 0.3 is 0 Å². The highest BCUT2D eigenvalue weighted by Gasteiger charge is 2.33. The first kappa shape index (κ1) is 17.7. The molecule has 0 aliphatic carbocycles. The van der Waals surface area contributed by atoms with Gasteiger partial charge in [0.05, 0.1) is 0 Å². The number of para-hydroxylation sites is 1. The fraction of sp³-hybridized carbons (Fsp3) is 0.429. The Labute approximate surface area is 149 Å². The number of nitrogen functional groups attached to an aromatic ring is 1. The van der Waals surface area contributed by atoms with E-state index in [9.17, 15) is 4.39 Å². The summed E-state index contributed by atoms with van der Waals surface area (Å²) in [5.41, 5.74) is 7.83. The first-order valence-electron chi connectivity index (χ1n) is 8.98. The topological polar surface area (TPSA) is 38.5 Å². The second-order valence-electron chi connectivity index (χ2n) is 7.34. The normalized spacial score (nSPS) is 20.7. The maximum Gasteiger partial charge on any atom is 0.125 e. The molecule has 134 valence electrons. The Bertz CT molecular complexity index is 692. The molecule has 0 saturated carbocycles. The number of hydrogen-bond acceptors (Lipinski definition) is 3. The smallest absolute Gasteiger partial charge is 0.125 e. The number of aryl methyl sites for hydroxylation is 1. The lowest BCUT2D eigenvalue weighted by atomic mass is 9.83. The molecule has 0 aromatic heterocycles. The maximum atomic E-state index is 13.2. The van der Waals surface area contributed by atoms with Crippen molar-refractivity contribution in [1.82, 2.24) is 4.90 Å². The van der Waals surface area contributed by atoms with Crippen LogP contribution in [0.5, 0.6) is 5.75 Å². The van der Waals surface area contributed by atoms with Crippen LogP contribution in [0.2, 0.25) is 0 Å². The lowest BCUT2D eigenvalue weighted by Crippen LogP contribution is -2.29. The summed E-state index contributed by atoms with van der Waals surface area (Å²) in [7, 11) is 0. The van der Waals surface area contributed by atoms with Crippen LogP contribution < -0.4 is 10.5 Å². The van der Waals surface area contributed by atoms with Crippen LogP contribution in [-0.4, -0.2) is 31.1 Å². The molecule has 2 N–H and O–H groups in total. The van der Waals surface area contributed by atoms with Gasteiger partial charge in [-0.1, -0.05) is 31.2 Å². The van der Waals surface area contributed by atoms with Gasteiger partial charge in [0.15, 0.2) is 0 Å². The summed E-state index contributed by atoms with van der Waals surface area (Å²) < 4.78 is 19.0. The third-order valence-corrected chi connectivity index (χ3v) is 5.16. The van der Waals surface area contributed by atoms with Crippen molar-refractivity contribution in [2.24, 2.45) is 5.41 Å². The Kier molecular flexibility index (Phi) is 5.59. The van der Waals surface area contributed by atoms with E-state index in [4.69, 9.17) is 10.5 Å². The first-order valence-corrected chi connectivity index (χ1v) is 8.98. The molecule has 0 amide bonds. The van der Waals surface area contributed by atoms with Crippen LogP contribution in [0.25, 0.3) is 0 Å². The van der Waals surface area contributed by atoms with E-state index in [2.05, 4.69) is 11.8 Å². The third-order valence-electron chi connectivity index (χ3n) is 5.16. The summed E-state index contributed by atoms with van der Waals surface area (Å²) in [6.07, 6.45) is 3.15. The average Bonchev–Trinajstić information content (AvgIpc) is 2.97.